The van der Waals surface area contributed by atoms with Crippen molar-refractivity contribution in [3.05, 3.63) is 76.2 Å². The van der Waals surface area contributed by atoms with Crippen LogP contribution < -0.4 is 10.6 Å². The fourth-order valence-corrected chi connectivity index (χ4v) is 7.86. The van der Waals surface area contributed by atoms with Gasteiger partial charge in [0.1, 0.15) is 21.9 Å². The van der Waals surface area contributed by atoms with Crippen LogP contribution in [0, 0.1) is 17.2 Å². The van der Waals surface area contributed by atoms with Gasteiger partial charge in [0, 0.05) is 27.9 Å². The SMILES string of the molecule is CC(C)(C)OC(=O)N1CCc2c(sc(NC(=O)C(Sc3cccc(NC(=O)C4CCCCC4)c3)c3ccccc3)c2C#N)C1. The molecular formula is C34H38N4O4S2. The summed E-state index contributed by atoms with van der Waals surface area (Å²) < 4.78 is 5.55. The predicted molar refractivity (Wildman–Crippen MR) is 175 cm³/mol. The number of carbonyl (C=O) groups excluding carboxylic acids is 3. The average molecular weight is 631 g/mol. The van der Waals surface area contributed by atoms with E-state index in [2.05, 4.69) is 16.7 Å². The molecule has 230 valence electrons. The predicted octanol–water partition coefficient (Wildman–Crippen LogP) is 7.90. The van der Waals surface area contributed by atoms with Gasteiger partial charge in [-0.1, -0.05) is 55.7 Å². The third kappa shape index (κ3) is 7.82. The Hall–Kier alpha value is -3.81. The number of nitrogens with one attached hydrogen (secondary N) is 2. The molecule has 1 unspecified atom stereocenters. The highest BCUT2D eigenvalue weighted by molar-refractivity contribution is 8.00. The summed E-state index contributed by atoms with van der Waals surface area (Å²) in [4.78, 5) is 42.8. The number of hydrogen-bond acceptors (Lipinski definition) is 7. The molecule has 1 atom stereocenters. The number of thioether (sulfide) groups is 1. The van der Waals surface area contributed by atoms with Gasteiger partial charge in [0.25, 0.3) is 0 Å². The Morgan fingerprint density at radius 2 is 1.80 bits per heavy atom. The van der Waals surface area contributed by atoms with Gasteiger partial charge in [-0.15, -0.1) is 23.1 Å². The van der Waals surface area contributed by atoms with Crippen molar-refractivity contribution in [3.8, 4) is 6.07 Å². The fraction of sp³-hybridized carbons (Fsp3) is 0.412. The molecule has 0 spiro atoms. The number of anilines is 2. The van der Waals surface area contributed by atoms with E-state index in [0.717, 1.165) is 46.6 Å². The smallest absolute Gasteiger partial charge is 0.410 e. The molecule has 1 aromatic heterocycles. The molecule has 1 aliphatic carbocycles. The normalized spacial score (nSPS) is 15.9. The van der Waals surface area contributed by atoms with Crippen molar-refractivity contribution in [2.24, 2.45) is 5.92 Å². The first-order valence-electron chi connectivity index (χ1n) is 15.1. The molecule has 2 N–H and O–H groups in total. The maximum atomic E-state index is 13.9. The fourth-order valence-electron chi connectivity index (χ4n) is 5.56. The van der Waals surface area contributed by atoms with Gasteiger partial charge in [0.15, 0.2) is 0 Å². The molecular weight excluding hydrogens is 593 g/mol. The van der Waals surface area contributed by atoms with Crippen LogP contribution in [0.25, 0.3) is 0 Å². The van der Waals surface area contributed by atoms with Crippen LogP contribution in [0.15, 0.2) is 59.5 Å². The van der Waals surface area contributed by atoms with E-state index in [-0.39, 0.29) is 17.7 Å². The highest BCUT2D eigenvalue weighted by Crippen LogP contribution is 2.41. The van der Waals surface area contributed by atoms with Crippen LogP contribution in [0.4, 0.5) is 15.5 Å². The second-order valence-electron chi connectivity index (χ2n) is 12.2. The van der Waals surface area contributed by atoms with E-state index in [1.165, 1.54) is 29.5 Å². The number of rotatable bonds is 7. The lowest BCUT2D eigenvalue weighted by atomic mass is 9.88. The van der Waals surface area contributed by atoms with E-state index in [9.17, 15) is 19.6 Å². The van der Waals surface area contributed by atoms with Crippen molar-refractivity contribution in [2.75, 3.05) is 17.2 Å². The molecule has 10 heteroatoms. The number of hydrogen-bond donors (Lipinski definition) is 2. The van der Waals surface area contributed by atoms with Crippen LogP contribution in [-0.2, 0) is 27.3 Å². The highest BCUT2D eigenvalue weighted by atomic mass is 32.2. The topological polar surface area (TPSA) is 112 Å². The van der Waals surface area contributed by atoms with Gasteiger partial charge in [0.2, 0.25) is 11.8 Å². The Balaban J connectivity index is 1.33. The Morgan fingerprint density at radius 3 is 2.50 bits per heavy atom. The van der Waals surface area contributed by atoms with E-state index in [1.54, 1.807) is 4.90 Å². The molecule has 8 nitrogen and oxygen atoms in total. The Labute approximate surface area is 267 Å². The molecule has 2 aromatic carbocycles. The number of carbonyl (C=O) groups is 3. The number of fused-ring (bicyclic) bond motifs is 1. The lowest BCUT2D eigenvalue weighted by Crippen LogP contribution is -2.39. The molecule has 5 rings (SSSR count). The first-order chi connectivity index (χ1) is 21.1. The molecule has 2 aliphatic rings. The summed E-state index contributed by atoms with van der Waals surface area (Å²) in [7, 11) is 0. The first-order valence-corrected chi connectivity index (χ1v) is 16.8. The van der Waals surface area contributed by atoms with Crippen molar-refractivity contribution in [3.63, 3.8) is 0 Å². The van der Waals surface area contributed by atoms with Crippen molar-refractivity contribution in [1.82, 2.24) is 4.90 Å². The molecule has 0 bridgehead atoms. The summed E-state index contributed by atoms with van der Waals surface area (Å²) in [5.74, 6) is -0.151. The van der Waals surface area contributed by atoms with Crippen LogP contribution in [0.2, 0.25) is 0 Å². The van der Waals surface area contributed by atoms with Gasteiger partial charge < -0.3 is 20.3 Å². The standard InChI is InChI=1S/C34H38N4O4S2/c1-34(2,3)42-33(41)38-18-17-26-27(20-35)32(44-28(26)21-38)37-31(40)29(22-11-6-4-7-12-22)43-25-16-10-15-24(19-25)36-30(39)23-13-8-5-9-14-23/h4,6-7,10-12,15-16,19,23,29H,5,8-9,13-14,17-18,21H2,1-3H3,(H,36,39)(H,37,40). The second-order valence-corrected chi connectivity index (χ2v) is 14.5. The first kappa shape index (κ1) is 31.6. The van der Waals surface area contributed by atoms with E-state index in [1.807, 2.05) is 75.4 Å². The zero-order valence-corrected chi connectivity index (χ0v) is 27.0. The molecule has 1 aliphatic heterocycles. The summed E-state index contributed by atoms with van der Waals surface area (Å²) in [6.07, 6.45) is 5.33. The minimum atomic E-state index is -0.607. The summed E-state index contributed by atoms with van der Waals surface area (Å²) in [6.45, 7) is 6.26. The van der Waals surface area contributed by atoms with Gasteiger partial charge in [-0.05, 0) is 69.4 Å². The maximum absolute atomic E-state index is 13.9. The molecule has 44 heavy (non-hydrogen) atoms. The number of ether oxygens (including phenoxy) is 1. The van der Waals surface area contributed by atoms with Gasteiger partial charge in [-0.3, -0.25) is 9.59 Å². The van der Waals surface area contributed by atoms with Crippen LogP contribution in [0.5, 0.6) is 0 Å². The molecule has 2 heterocycles. The largest absolute Gasteiger partial charge is 0.444 e. The van der Waals surface area contributed by atoms with Crippen molar-refractivity contribution < 1.29 is 19.1 Å². The van der Waals surface area contributed by atoms with Gasteiger partial charge >= 0.3 is 6.09 Å². The highest BCUT2D eigenvalue weighted by Gasteiger charge is 2.31. The van der Waals surface area contributed by atoms with E-state index in [0.29, 0.717) is 35.8 Å². The third-order valence-corrected chi connectivity index (χ3v) is 10.1. The van der Waals surface area contributed by atoms with Crippen molar-refractivity contribution in [2.45, 2.75) is 81.6 Å². The summed E-state index contributed by atoms with van der Waals surface area (Å²) in [6, 6.07) is 19.4. The maximum Gasteiger partial charge on any atom is 0.410 e. The van der Waals surface area contributed by atoms with E-state index in [4.69, 9.17) is 4.74 Å². The molecule has 1 fully saturated rings. The monoisotopic (exact) mass is 630 g/mol. The van der Waals surface area contributed by atoms with Gasteiger partial charge in [0.05, 0.1) is 12.1 Å². The Bertz CT molecular complexity index is 1550. The zero-order valence-electron chi connectivity index (χ0n) is 25.4. The van der Waals surface area contributed by atoms with Gasteiger partial charge in [-0.25, -0.2) is 4.79 Å². The summed E-state index contributed by atoms with van der Waals surface area (Å²) in [5.41, 5.74) is 2.26. The van der Waals surface area contributed by atoms with Crippen LogP contribution in [0.1, 0.15) is 79.7 Å². The second kappa shape index (κ2) is 13.9. The van der Waals surface area contributed by atoms with E-state index < -0.39 is 16.9 Å². The van der Waals surface area contributed by atoms with Crippen LogP contribution >= 0.6 is 23.1 Å². The summed E-state index contributed by atoms with van der Waals surface area (Å²) in [5, 5.41) is 16.1. The number of benzene rings is 2. The lowest BCUT2D eigenvalue weighted by molar-refractivity contribution is -0.120. The minimum absolute atomic E-state index is 0.0464. The van der Waals surface area contributed by atoms with Crippen molar-refractivity contribution >= 4 is 51.7 Å². The van der Waals surface area contributed by atoms with Crippen LogP contribution in [-0.4, -0.2) is 35.0 Å². The Kier molecular flexibility index (Phi) is 9.97. The van der Waals surface area contributed by atoms with Crippen LogP contribution in [0.3, 0.4) is 0 Å². The Morgan fingerprint density at radius 1 is 1.05 bits per heavy atom. The molecule has 3 amide bonds. The number of nitrogens with zero attached hydrogens (tertiary/aromatic N) is 2. The molecule has 0 radical (unpaired) electrons. The molecule has 3 aromatic rings. The van der Waals surface area contributed by atoms with E-state index >= 15 is 0 Å². The third-order valence-electron chi connectivity index (χ3n) is 7.73. The summed E-state index contributed by atoms with van der Waals surface area (Å²) >= 11 is 2.73. The average Bonchev–Trinajstić information content (AvgIpc) is 3.36. The number of thiophene rings is 1. The quantitative estimate of drug-likeness (QED) is 0.257. The molecule has 0 saturated heterocycles. The molecule has 1 saturated carbocycles. The minimum Gasteiger partial charge on any atom is -0.444 e. The van der Waals surface area contributed by atoms with Gasteiger partial charge in [-0.2, -0.15) is 5.26 Å². The van der Waals surface area contributed by atoms with Crippen molar-refractivity contribution in [1.29, 1.82) is 5.26 Å². The zero-order chi connectivity index (χ0) is 31.3. The lowest BCUT2D eigenvalue weighted by Gasteiger charge is -2.29. The number of amides is 3. The number of nitriles is 1.